The minimum Gasteiger partial charge on any atom is -0.370 e. The number of rotatable bonds is 5. The van der Waals surface area contributed by atoms with E-state index in [-0.39, 0.29) is 5.82 Å². The van der Waals surface area contributed by atoms with Gasteiger partial charge in [-0.1, -0.05) is 12.1 Å². The van der Waals surface area contributed by atoms with E-state index in [4.69, 9.17) is 0 Å². The van der Waals surface area contributed by atoms with Crippen LogP contribution in [0.25, 0.3) is 0 Å². The first-order chi connectivity index (χ1) is 9.15. The van der Waals surface area contributed by atoms with Crippen molar-refractivity contribution < 1.29 is 4.39 Å². The van der Waals surface area contributed by atoms with Crippen LogP contribution in [0.3, 0.4) is 0 Å². The van der Waals surface area contributed by atoms with E-state index >= 15 is 0 Å². The lowest BCUT2D eigenvalue weighted by molar-refractivity contribution is 0.625. The zero-order valence-corrected chi connectivity index (χ0v) is 11.1. The summed E-state index contributed by atoms with van der Waals surface area (Å²) in [4.78, 5) is 10.3. The standard InChI is InChI=1S/C14H17FN4/c1-19(2)14-17-9-7-13(18-14)16-8-6-11-4-3-5-12(15)10-11/h3-5,7,9-10H,6,8H2,1-2H3,(H,16,17,18). The molecule has 1 N–H and O–H groups in total. The van der Waals surface area contributed by atoms with Crippen LogP contribution >= 0.6 is 0 Å². The first kappa shape index (κ1) is 13.3. The Balaban J connectivity index is 1.90. The molecule has 0 saturated heterocycles. The summed E-state index contributed by atoms with van der Waals surface area (Å²) in [6.07, 6.45) is 2.46. The number of halogens is 1. The second-order valence-corrected chi connectivity index (χ2v) is 4.44. The Morgan fingerprint density at radius 3 is 2.84 bits per heavy atom. The molecule has 0 unspecified atom stereocenters. The number of anilines is 2. The third-order valence-corrected chi connectivity index (χ3v) is 2.65. The lowest BCUT2D eigenvalue weighted by Crippen LogP contribution is -2.14. The Hall–Kier alpha value is -2.17. The molecule has 5 heteroatoms. The van der Waals surface area contributed by atoms with E-state index in [1.807, 2.05) is 31.1 Å². The summed E-state index contributed by atoms with van der Waals surface area (Å²) >= 11 is 0. The van der Waals surface area contributed by atoms with Gasteiger partial charge in [-0.25, -0.2) is 9.37 Å². The van der Waals surface area contributed by atoms with Crippen molar-refractivity contribution in [2.45, 2.75) is 6.42 Å². The van der Waals surface area contributed by atoms with E-state index < -0.39 is 0 Å². The second kappa shape index (κ2) is 6.13. The normalized spacial score (nSPS) is 10.3. The molecule has 19 heavy (non-hydrogen) atoms. The molecular formula is C14H17FN4. The Morgan fingerprint density at radius 1 is 1.26 bits per heavy atom. The van der Waals surface area contributed by atoms with Gasteiger partial charge in [-0.2, -0.15) is 4.98 Å². The molecule has 0 aliphatic rings. The van der Waals surface area contributed by atoms with Gasteiger partial charge in [0.15, 0.2) is 0 Å². The molecule has 0 radical (unpaired) electrons. The highest BCUT2D eigenvalue weighted by atomic mass is 19.1. The molecule has 100 valence electrons. The van der Waals surface area contributed by atoms with Crippen LogP contribution in [0.15, 0.2) is 36.5 Å². The quantitative estimate of drug-likeness (QED) is 0.896. The minimum absolute atomic E-state index is 0.200. The van der Waals surface area contributed by atoms with Crippen molar-refractivity contribution in [3.8, 4) is 0 Å². The van der Waals surface area contributed by atoms with Crippen molar-refractivity contribution >= 4 is 11.8 Å². The fourth-order valence-corrected chi connectivity index (χ4v) is 1.69. The van der Waals surface area contributed by atoms with Crippen molar-refractivity contribution in [2.75, 3.05) is 30.9 Å². The number of nitrogens with zero attached hydrogens (tertiary/aromatic N) is 3. The van der Waals surface area contributed by atoms with Crippen LogP contribution in [0.1, 0.15) is 5.56 Å². The molecule has 0 amide bonds. The SMILES string of the molecule is CN(C)c1nccc(NCCc2cccc(F)c2)n1. The van der Waals surface area contributed by atoms with Crippen LogP contribution < -0.4 is 10.2 Å². The molecule has 0 aliphatic carbocycles. The predicted molar refractivity (Wildman–Crippen MR) is 75.0 cm³/mol. The lowest BCUT2D eigenvalue weighted by Gasteiger charge is -2.11. The van der Waals surface area contributed by atoms with Gasteiger partial charge in [0.1, 0.15) is 11.6 Å². The second-order valence-electron chi connectivity index (χ2n) is 4.44. The summed E-state index contributed by atoms with van der Waals surface area (Å²) in [6, 6.07) is 8.45. The maximum atomic E-state index is 13.0. The van der Waals surface area contributed by atoms with Crippen LogP contribution in [0.4, 0.5) is 16.2 Å². The average molecular weight is 260 g/mol. The van der Waals surface area contributed by atoms with Crippen LogP contribution in [0, 0.1) is 5.82 Å². The van der Waals surface area contributed by atoms with Crippen LogP contribution in [-0.2, 0) is 6.42 Å². The Kier molecular flexibility index (Phi) is 4.28. The smallest absolute Gasteiger partial charge is 0.226 e. The molecule has 2 rings (SSSR count). The number of aromatic nitrogens is 2. The fraction of sp³-hybridized carbons (Fsp3) is 0.286. The summed E-state index contributed by atoms with van der Waals surface area (Å²) in [5.41, 5.74) is 0.967. The first-order valence-electron chi connectivity index (χ1n) is 6.14. The van der Waals surface area contributed by atoms with E-state index in [0.29, 0.717) is 12.5 Å². The highest BCUT2D eigenvalue weighted by Crippen LogP contribution is 2.09. The van der Waals surface area contributed by atoms with Crippen molar-refractivity contribution in [1.82, 2.24) is 9.97 Å². The van der Waals surface area contributed by atoms with Crippen LogP contribution in [0.5, 0.6) is 0 Å². The van der Waals surface area contributed by atoms with Gasteiger partial charge in [0, 0.05) is 26.8 Å². The Labute approximate surface area is 112 Å². The molecule has 1 heterocycles. The number of nitrogens with one attached hydrogen (secondary N) is 1. The van der Waals surface area contributed by atoms with Gasteiger partial charge < -0.3 is 10.2 Å². The highest BCUT2D eigenvalue weighted by Gasteiger charge is 2.01. The topological polar surface area (TPSA) is 41.1 Å². The fourth-order valence-electron chi connectivity index (χ4n) is 1.69. The molecule has 2 aromatic rings. The third kappa shape index (κ3) is 3.91. The van der Waals surface area contributed by atoms with Crippen LogP contribution in [-0.4, -0.2) is 30.6 Å². The van der Waals surface area contributed by atoms with Gasteiger partial charge >= 0.3 is 0 Å². The summed E-state index contributed by atoms with van der Waals surface area (Å²) < 4.78 is 13.0. The van der Waals surface area contributed by atoms with Crippen molar-refractivity contribution in [3.63, 3.8) is 0 Å². The molecule has 0 aliphatic heterocycles. The average Bonchev–Trinajstić information content (AvgIpc) is 2.39. The minimum atomic E-state index is -0.200. The number of hydrogen-bond donors (Lipinski definition) is 1. The highest BCUT2D eigenvalue weighted by molar-refractivity contribution is 5.40. The number of benzene rings is 1. The zero-order chi connectivity index (χ0) is 13.7. The zero-order valence-electron chi connectivity index (χ0n) is 11.1. The lowest BCUT2D eigenvalue weighted by atomic mass is 10.1. The van der Waals surface area contributed by atoms with Gasteiger partial charge in [0.2, 0.25) is 5.95 Å². The van der Waals surface area contributed by atoms with E-state index in [0.717, 1.165) is 17.8 Å². The van der Waals surface area contributed by atoms with Gasteiger partial charge in [0.05, 0.1) is 0 Å². The van der Waals surface area contributed by atoms with Gasteiger partial charge in [-0.05, 0) is 30.2 Å². The Bertz CT molecular complexity index is 542. The molecule has 1 aromatic carbocycles. The molecule has 0 saturated carbocycles. The van der Waals surface area contributed by atoms with Crippen molar-refractivity contribution in [2.24, 2.45) is 0 Å². The van der Waals surface area contributed by atoms with E-state index in [1.54, 1.807) is 18.3 Å². The summed E-state index contributed by atoms with van der Waals surface area (Å²) in [5, 5.41) is 3.21. The van der Waals surface area contributed by atoms with Gasteiger partial charge in [-0.3, -0.25) is 0 Å². The Morgan fingerprint density at radius 2 is 2.11 bits per heavy atom. The molecule has 0 fully saturated rings. The summed E-state index contributed by atoms with van der Waals surface area (Å²) in [7, 11) is 3.79. The van der Waals surface area contributed by atoms with Crippen molar-refractivity contribution in [1.29, 1.82) is 0 Å². The largest absolute Gasteiger partial charge is 0.370 e. The summed E-state index contributed by atoms with van der Waals surface area (Å²) in [6.45, 7) is 0.702. The van der Waals surface area contributed by atoms with Crippen LogP contribution in [0.2, 0.25) is 0 Å². The van der Waals surface area contributed by atoms with Gasteiger partial charge in [-0.15, -0.1) is 0 Å². The summed E-state index contributed by atoms with van der Waals surface area (Å²) in [5.74, 6) is 1.24. The third-order valence-electron chi connectivity index (χ3n) is 2.65. The van der Waals surface area contributed by atoms with E-state index in [2.05, 4.69) is 15.3 Å². The monoisotopic (exact) mass is 260 g/mol. The molecule has 1 aromatic heterocycles. The molecule has 0 spiro atoms. The van der Waals surface area contributed by atoms with Gasteiger partial charge in [0.25, 0.3) is 0 Å². The number of hydrogen-bond acceptors (Lipinski definition) is 4. The van der Waals surface area contributed by atoms with Crippen molar-refractivity contribution in [3.05, 3.63) is 47.9 Å². The van der Waals surface area contributed by atoms with E-state index in [1.165, 1.54) is 6.07 Å². The molecular weight excluding hydrogens is 243 g/mol. The predicted octanol–water partition coefficient (Wildman–Crippen LogP) is 2.34. The first-order valence-corrected chi connectivity index (χ1v) is 6.14. The van der Waals surface area contributed by atoms with E-state index in [9.17, 15) is 4.39 Å². The molecule has 0 bridgehead atoms. The molecule has 0 atom stereocenters. The molecule has 4 nitrogen and oxygen atoms in total. The maximum Gasteiger partial charge on any atom is 0.226 e. The maximum absolute atomic E-state index is 13.0.